The zero-order valence-electron chi connectivity index (χ0n) is 17.5. The van der Waals surface area contributed by atoms with E-state index >= 15 is 0 Å². The van der Waals surface area contributed by atoms with Crippen LogP contribution in [0.3, 0.4) is 0 Å². The van der Waals surface area contributed by atoms with Crippen LogP contribution in [0, 0.1) is 24.0 Å². The molecule has 160 valence electrons. The molecule has 0 aliphatic rings. The smallest absolute Gasteiger partial charge is 0.280 e. The molecule has 1 N–H and O–H groups in total. The number of furan rings is 1. The molecule has 0 spiro atoms. The van der Waals surface area contributed by atoms with Crippen LogP contribution in [0.15, 0.2) is 82.3 Å². The molecule has 8 nitrogen and oxygen atoms in total. The fraction of sp³-hybridized carbons (Fsp3) is 0.0833. The Labute approximate surface area is 184 Å². The maximum Gasteiger partial charge on any atom is 0.280 e. The highest BCUT2D eigenvalue weighted by molar-refractivity contribution is 5.95. The van der Waals surface area contributed by atoms with Crippen LogP contribution in [-0.4, -0.2) is 21.6 Å². The molecule has 2 heterocycles. The Morgan fingerprint density at radius 3 is 2.38 bits per heavy atom. The monoisotopic (exact) mass is 428 g/mol. The van der Waals surface area contributed by atoms with E-state index in [4.69, 9.17) is 4.42 Å². The molecule has 0 saturated carbocycles. The molecule has 2 aromatic carbocycles. The van der Waals surface area contributed by atoms with Crippen molar-refractivity contribution in [2.75, 3.05) is 0 Å². The van der Waals surface area contributed by atoms with E-state index in [2.05, 4.69) is 15.1 Å². The van der Waals surface area contributed by atoms with E-state index < -0.39 is 4.92 Å². The predicted octanol–water partition coefficient (Wildman–Crippen LogP) is 5.03. The van der Waals surface area contributed by atoms with Gasteiger partial charge < -0.3 is 8.98 Å². The summed E-state index contributed by atoms with van der Waals surface area (Å²) < 4.78 is 7.72. The van der Waals surface area contributed by atoms with Crippen LogP contribution in [0.5, 0.6) is 0 Å². The largest absolute Gasteiger partial charge is 0.455 e. The van der Waals surface area contributed by atoms with Gasteiger partial charge in [-0.1, -0.05) is 12.1 Å². The third kappa shape index (κ3) is 4.20. The second-order valence-corrected chi connectivity index (χ2v) is 7.17. The predicted molar refractivity (Wildman–Crippen MR) is 121 cm³/mol. The lowest BCUT2D eigenvalue weighted by molar-refractivity contribution is -0.384. The molecule has 0 aliphatic heterocycles. The molecule has 32 heavy (non-hydrogen) atoms. The van der Waals surface area contributed by atoms with E-state index in [1.54, 1.807) is 42.5 Å². The molecule has 4 aromatic rings. The van der Waals surface area contributed by atoms with Crippen LogP contribution in [0.25, 0.3) is 17.0 Å². The minimum atomic E-state index is -0.462. The van der Waals surface area contributed by atoms with E-state index in [0.29, 0.717) is 22.6 Å². The molecule has 0 fully saturated rings. The fourth-order valence-electron chi connectivity index (χ4n) is 3.46. The summed E-state index contributed by atoms with van der Waals surface area (Å²) >= 11 is 0. The lowest BCUT2D eigenvalue weighted by Crippen LogP contribution is -2.17. The first-order valence-corrected chi connectivity index (χ1v) is 9.86. The third-order valence-electron chi connectivity index (χ3n) is 5.01. The zero-order chi connectivity index (χ0) is 22.7. The summed E-state index contributed by atoms with van der Waals surface area (Å²) in [5, 5.41) is 15.1. The Hall–Kier alpha value is -4.46. The van der Waals surface area contributed by atoms with Crippen LogP contribution in [0.2, 0.25) is 0 Å². The number of benzene rings is 2. The number of aromatic nitrogens is 1. The molecule has 0 bridgehead atoms. The van der Waals surface area contributed by atoms with Gasteiger partial charge in [-0.05, 0) is 68.4 Å². The van der Waals surface area contributed by atoms with Gasteiger partial charge in [0.15, 0.2) is 0 Å². The average molecular weight is 428 g/mol. The van der Waals surface area contributed by atoms with Crippen LogP contribution in [0.1, 0.15) is 27.5 Å². The van der Waals surface area contributed by atoms with Crippen LogP contribution >= 0.6 is 0 Å². The van der Waals surface area contributed by atoms with Gasteiger partial charge in [0.05, 0.1) is 16.7 Å². The first-order valence-electron chi connectivity index (χ1n) is 9.86. The number of hydrogen-bond acceptors (Lipinski definition) is 5. The van der Waals surface area contributed by atoms with Gasteiger partial charge in [-0.3, -0.25) is 14.9 Å². The van der Waals surface area contributed by atoms with Crippen molar-refractivity contribution in [3.63, 3.8) is 0 Å². The number of aryl methyl sites for hydroxylation is 2. The van der Waals surface area contributed by atoms with Crippen molar-refractivity contribution in [3.8, 4) is 17.0 Å². The molecular formula is C24H20N4O4. The molecular weight excluding hydrogens is 408 g/mol. The van der Waals surface area contributed by atoms with Gasteiger partial charge in [-0.15, -0.1) is 0 Å². The maximum absolute atomic E-state index is 12.4. The summed E-state index contributed by atoms with van der Waals surface area (Å²) in [4.78, 5) is 23.1. The van der Waals surface area contributed by atoms with E-state index in [-0.39, 0.29) is 11.6 Å². The van der Waals surface area contributed by atoms with Crippen molar-refractivity contribution in [2.45, 2.75) is 13.8 Å². The fourth-order valence-corrected chi connectivity index (χ4v) is 3.46. The number of rotatable bonds is 6. The topological polar surface area (TPSA) is 103 Å². The Balaban J connectivity index is 1.43. The van der Waals surface area contributed by atoms with Gasteiger partial charge in [0, 0.05) is 28.7 Å². The van der Waals surface area contributed by atoms with E-state index in [0.717, 1.165) is 17.1 Å². The van der Waals surface area contributed by atoms with Crippen molar-refractivity contribution in [3.05, 3.63) is 106 Å². The second-order valence-electron chi connectivity index (χ2n) is 7.17. The number of para-hydroxylation sites is 1. The maximum atomic E-state index is 12.4. The molecule has 0 radical (unpaired) electrons. The first kappa shape index (κ1) is 20.8. The first-order chi connectivity index (χ1) is 15.4. The highest BCUT2D eigenvalue weighted by Gasteiger charge is 2.16. The minimum absolute atomic E-state index is 0.0487. The quantitative estimate of drug-likeness (QED) is 0.264. The Bertz CT molecular complexity index is 1300. The van der Waals surface area contributed by atoms with Crippen molar-refractivity contribution in [1.29, 1.82) is 0 Å². The summed E-state index contributed by atoms with van der Waals surface area (Å²) in [5.41, 5.74) is 6.45. The number of carbonyl (C=O) groups excluding carboxylic acids is 1. The minimum Gasteiger partial charge on any atom is -0.455 e. The van der Waals surface area contributed by atoms with E-state index in [1.807, 2.05) is 38.1 Å². The van der Waals surface area contributed by atoms with Gasteiger partial charge >= 0.3 is 0 Å². The summed E-state index contributed by atoms with van der Waals surface area (Å²) in [6.07, 6.45) is 1.34. The molecule has 8 heteroatoms. The SMILES string of the molecule is Cc1ccc(C)n1-c1ccc(C(=O)N/N=C\c2ccc(-c3ccccc3[N+](=O)[O-])o2)cc1. The van der Waals surface area contributed by atoms with Crippen LogP contribution in [-0.2, 0) is 0 Å². The number of nitrogens with zero attached hydrogens (tertiary/aromatic N) is 3. The average Bonchev–Trinajstić information content (AvgIpc) is 3.40. The summed E-state index contributed by atoms with van der Waals surface area (Å²) in [6.45, 7) is 4.05. The van der Waals surface area contributed by atoms with Crippen molar-refractivity contribution >= 4 is 17.8 Å². The van der Waals surface area contributed by atoms with E-state index in [1.165, 1.54) is 12.3 Å². The van der Waals surface area contributed by atoms with Gasteiger partial charge in [-0.2, -0.15) is 5.10 Å². The van der Waals surface area contributed by atoms with Crippen molar-refractivity contribution in [1.82, 2.24) is 9.99 Å². The van der Waals surface area contributed by atoms with Crippen molar-refractivity contribution in [2.24, 2.45) is 5.10 Å². The number of amides is 1. The Morgan fingerprint density at radius 1 is 1.00 bits per heavy atom. The molecule has 0 unspecified atom stereocenters. The van der Waals surface area contributed by atoms with Crippen LogP contribution < -0.4 is 5.43 Å². The van der Waals surface area contributed by atoms with Gasteiger partial charge in [0.25, 0.3) is 11.6 Å². The normalized spacial score (nSPS) is 11.1. The molecule has 4 rings (SSSR count). The lowest BCUT2D eigenvalue weighted by Gasteiger charge is -2.09. The molecule has 1 amide bonds. The second kappa shape index (κ2) is 8.73. The summed E-state index contributed by atoms with van der Waals surface area (Å²) in [6, 6.07) is 20.9. The number of hydrazone groups is 1. The highest BCUT2D eigenvalue weighted by atomic mass is 16.6. The third-order valence-corrected chi connectivity index (χ3v) is 5.01. The van der Waals surface area contributed by atoms with Crippen molar-refractivity contribution < 1.29 is 14.1 Å². The molecule has 2 aromatic heterocycles. The standard InChI is InChI=1S/C24H20N4O4/c1-16-7-8-17(2)27(16)19-11-9-18(10-12-19)24(29)26-25-15-20-13-14-23(32-20)21-5-3-4-6-22(21)28(30)31/h3-15H,1-2H3,(H,26,29)/b25-15-. The van der Waals surface area contributed by atoms with Gasteiger partial charge in [0.2, 0.25) is 0 Å². The number of hydrogen-bond donors (Lipinski definition) is 1. The summed E-state index contributed by atoms with van der Waals surface area (Å²) in [7, 11) is 0. The molecule has 0 atom stereocenters. The summed E-state index contributed by atoms with van der Waals surface area (Å²) in [5.74, 6) is 0.336. The van der Waals surface area contributed by atoms with Crippen LogP contribution in [0.4, 0.5) is 5.69 Å². The molecule has 0 saturated heterocycles. The van der Waals surface area contributed by atoms with Gasteiger partial charge in [-0.25, -0.2) is 5.43 Å². The Morgan fingerprint density at radius 2 is 1.69 bits per heavy atom. The van der Waals surface area contributed by atoms with Gasteiger partial charge in [0.1, 0.15) is 11.5 Å². The molecule has 0 aliphatic carbocycles. The van der Waals surface area contributed by atoms with E-state index in [9.17, 15) is 14.9 Å². The number of carbonyl (C=O) groups is 1. The number of nitro benzene ring substituents is 1. The highest BCUT2D eigenvalue weighted by Crippen LogP contribution is 2.30. The Kier molecular flexibility index (Phi) is 5.67. The lowest BCUT2D eigenvalue weighted by atomic mass is 10.1. The number of nitrogens with one attached hydrogen (secondary N) is 1. The number of nitro groups is 1. The zero-order valence-corrected chi connectivity index (χ0v) is 17.5.